The van der Waals surface area contributed by atoms with Gasteiger partial charge in [0.1, 0.15) is 0 Å². The molecule has 2 fully saturated rings. The maximum Gasteiger partial charge on any atom is 0.242 e. The molecule has 1 aromatic carbocycles. The minimum atomic E-state index is -0.147. The van der Waals surface area contributed by atoms with Crippen LogP contribution in [0.5, 0.6) is 0 Å². The predicted molar refractivity (Wildman–Crippen MR) is 116 cm³/mol. The van der Waals surface area contributed by atoms with E-state index in [9.17, 15) is 9.59 Å². The van der Waals surface area contributed by atoms with E-state index < -0.39 is 0 Å². The number of likely N-dealkylation sites (tertiary alicyclic amines) is 2. The summed E-state index contributed by atoms with van der Waals surface area (Å²) in [6, 6.07) is 7.46. The number of rotatable bonds is 5. The zero-order valence-electron chi connectivity index (χ0n) is 17.3. The number of carbonyl (C=O) groups excluding carboxylic acids is 2. The van der Waals surface area contributed by atoms with E-state index in [1.165, 1.54) is 0 Å². The first-order chi connectivity index (χ1) is 14.4. The van der Waals surface area contributed by atoms with E-state index in [0.717, 1.165) is 36.1 Å². The molecule has 0 N–H and O–H groups in total. The van der Waals surface area contributed by atoms with Crippen LogP contribution in [0, 0.1) is 0 Å². The summed E-state index contributed by atoms with van der Waals surface area (Å²) in [4.78, 5) is 39.8. The normalized spacial score (nSPS) is 18.9. The van der Waals surface area contributed by atoms with Crippen LogP contribution < -0.4 is 4.90 Å². The summed E-state index contributed by atoms with van der Waals surface area (Å²) in [6.45, 7) is 1.48. The van der Waals surface area contributed by atoms with E-state index in [1.54, 1.807) is 4.90 Å². The Kier molecular flexibility index (Phi) is 5.90. The Hall–Kier alpha value is -2.67. The van der Waals surface area contributed by atoms with Crippen LogP contribution in [0.4, 0.5) is 5.95 Å². The van der Waals surface area contributed by atoms with Gasteiger partial charge in [-0.25, -0.2) is 9.97 Å². The average Bonchev–Trinajstić information content (AvgIpc) is 3.37. The molecule has 1 atom stereocenters. The van der Waals surface area contributed by atoms with E-state index >= 15 is 0 Å². The maximum atomic E-state index is 13.1. The lowest BCUT2D eigenvalue weighted by molar-refractivity contribution is -0.139. The van der Waals surface area contributed by atoms with E-state index in [0.29, 0.717) is 30.5 Å². The third-order valence-electron chi connectivity index (χ3n) is 5.73. The average molecular weight is 428 g/mol. The number of benzene rings is 1. The van der Waals surface area contributed by atoms with Crippen molar-refractivity contribution in [2.45, 2.75) is 31.7 Å². The standard InChI is InChI=1S/C22H26ClN5O2/c1-26(2)22-24-13-17(15-6-3-7-16(23)12-15)21(25-22)18-8-4-11-28(18)20(30)14-27-10-5-9-19(27)29/h3,6-7,12-13,18H,4-5,8-11,14H2,1-2H3/t18-/m1/s1. The Morgan fingerprint density at radius 1 is 1.27 bits per heavy atom. The van der Waals surface area contributed by atoms with Crippen molar-refractivity contribution in [3.8, 4) is 11.1 Å². The number of amides is 2. The predicted octanol–water partition coefficient (Wildman–Crippen LogP) is 3.15. The quantitative estimate of drug-likeness (QED) is 0.733. The molecule has 7 nitrogen and oxygen atoms in total. The van der Waals surface area contributed by atoms with Crippen LogP contribution in [-0.4, -0.2) is 65.3 Å². The number of carbonyl (C=O) groups is 2. The lowest BCUT2D eigenvalue weighted by atomic mass is 10.00. The minimum Gasteiger partial charge on any atom is -0.347 e. The molecule has 0 radical (unpaired) electrons. The van der Waals surface area contributed by atoms with Crippen LogP contribution in [0.1, 0.15) is 37.4 Å². The Labute approximate surface area is 181 Å². The highest BCUT2D eigenvalue weighted by molar-refractivity contribution is 6.30. The van der Waals surface area contributed by atoms with Gasteiger partial charge in [0.2, 0.25) is 17.8 Å². The van der Waals surface area contributed by atoms with Gasteiger partial charge in [-0.15, -0.1) is 0 Å². The fourth-order valence-corrected chi connectivity index (χ4v) is 4.40. The second-order valence-electron chi connectivity index (χ2n) is 8.04. The van der Waals surface area contributed by atoms with Gasteiger partial charge >= 0.3 is 0 Å². The monoisotopic (exact) mass is 427 g/mol. The first-order valence-corrected chi connectivity index (χ1v) is 10.7. The van der Waals surface area contributed by atoms with Crippen molar-refractivity contribution >= 4 is 29.4 Å². The van der Waals surface area contributed by atoms with Crippen LogP contribution in [0.2, 0.25) is 5.02 Å². The summed E-state index contributed by atoms with van der Waals surface area (Å²) in [5, 5.41) is 0.641. The largest absolute Gasteiger partial charge is 0.347 e. The van der Waals surface area contributed by atoms with Crippen molar-refractivity contribution in [1.29, 1.82) is 0 Å². The van der Waals surface area contributed by atoms with Crippen LogP contribution >= 0.6 is 11.6 Å². The van der Waals surface area contributed by atoms with Gasteiger partial charge in [-0.05, 0) is 37.0 Å². The molecule has 3 heterocycles. The van der Waals surface area contributed by atoms with Gasteiger partial charge < -0.3 is 14.7 Å². The van der Waals surface area contributed by atoms with Crippen LogP contribution in [-0.2, 0) is 9.59 Å². The molecule has 8 heteroatoms. The molecule has 2 saturated heterocycles. The maximum absolute atomic E-state index is 13.1. The third-order valence-corrected chi connectivity index (χ3v) is 5.96. The van der Waals surface area contributed by atoms with Crippen molar-refractivity contribution in [2.75, 3.05) is 38.6 Å². The Bertz CT molecular complexity index is 964. The second-order valence-corrected chi connectivity index (χ2v) is 8.47. The molecule has 158 valence electrons. The molecule has 0 saturated carbocycles. The Balaban J connectivity index is 1.69. The Morgan fingerprint density at radius 2 is 2.10 bits per heavy atom. The number of halogens is 1. The highest BCUT2D eigenvalue weighted by atomic mass is 35.5. The van der Waals surface area contributed by atoms with E-state index in [1.807, 2.05) is 54.4 Å². The van der Waals surface area contributed by atoms with Crippen molar-refractivity contribution in [2.24, 2.45) is 0 Å². The molecule has 0 spiro atoms. The van der Waals surface area contributed by atoms with Gasteiger partial charge in [0, 0.05) is 50.4 Å². The van der Waals surface area contributed by atoms with Gasteiger partial charge in [0.15, 0.2) is 0 Å². The first kappa shape index (κ1) is 20.6. The molecule has 2 aromatic rings. The van der Waals surface area contributed by atoms with Gasteiger partial charge in [0.25, 0.3) is 0 Å². The lowest BCUT2D eigenvalue weighted by Crippen LogP contribution is -2.40. The van der Waals surface area contributed by atoms with Gasteiger partial charge in [0.05, 0.1) is 18.3 Å². The minimum absolute atomic E-state index is 0.0187. The molecule has 1 aromatic heterocycles. The first-order valence-electron chi connectivity index (χ1n) is 10.3. The fraction of sp³-hybridized carbons (Fsp3) is 0.455. The van der Waals surface area contributed by atoms with Crippen molar-refractivity contribution in [1.82, 2.24) is 19.8 Å². The molecule has 2 aliphatic heterocycles. The second kappa shape index (κ2) is 8.60. The molecule has 30 heavy (non-hydrogen) atoms. The fourth-order valence-electron chi connectivity index (χ4n) is 4.21. The van der Waals surface area contributed by atoms with Crippen LogP contribution in [0.15, 0.2) is 30.5 Å². The van der Waals surface area contributed by atoms with Crippen molar-refractivity contribution in [3.63, 3.8) is 0 Å². The SMILES string of the molecule is CN(C)c1ncc(-c2cccc(Cl)c2)c([C@H]2CCCN2C(=O)CN2CCCC2=O)n1. The lowest BCUT2D eigenvalue weighted by Gasteiger charge is -2.28. The molecular formula is C22H26ClN5O2. The van der Waals surface area contributed by atoms with E-state index in [4.69, 9.17) is 16.6 Å². The number of aromatic nitrogens is 2. The summed E-state index contributed by atoms with van der Waals surface area (Å²) in [5.74, 6) is 0.648. The number of hydrogen-bond donors (Lipinski definition) is 0. The van der Waals surface area contributed by atoms with Crippen LogP contribution in [0.25, 0.3) is 11.1 Å². The number of nitrogens with zero attached hydrogens (tertiary/aromatic N) is 5. The number of anilines is 1. The molecule has 4 rings (SSSR count). The summed E-state index contributed by atoms with van der Waals surface area (Å²) in [6.07, 6.45) is 4.91. The van der Waals surface area contributed by atoms with Crippen LogP contribution in [0.3, 0.4) is 0 Å². The van der Waals surface area contributed by atoms with Crippen molar-refractivity contribution in [3.05, 3.63) is 41.2 Å². The van der Waals surface area contributed by atoms with E-state index in [-0.39, 0.29) is 24.4 Å². The molecule has 2 amide bonds. The summed E-state index contributed by atoms with van der Waals surface area (Å²) in [7, 11) is 3.80. The zero-order valence-corrected chi connectivity index (χ0v) is 18.1. The smallest absolute Gasteiger partial charge is 0.242 e. The molecular weight excluding hydrogens is 402 g/mol. The van der Waals surface area contributed by atoms with E-state index in [2.05, 4.69) is 4.98 Å². The highest BCUT2D eigenvalue weighted by Crippen LogP contribution is 2.37. The van der Waals surface area contributed by atoms with Gasteiger partial charge in [-0.2, -0.15) is 0 Å². The topological polar surface area (TPSA) is 69.6 Å². The molecule has 0 bridgehead atoms. The summed E-state index contributed by atoms with van der Waals surface area (Å²) < 4.78 is 0. The summed E-state index contributed by atoms with van der Waals surface area (Å²) in [5.41, 5.74) is 2.64. The molecule has 0 unspecified atom stereocenters. The van der Waals surface area contributed by atoms with Crippen molar-refractivity contribution < 1.29 is 9.59 Å². The molecule has 0 aliphatic carbocycles. The summed E-state index contributed by atoms with van der Waals surface area (Å²) >= 11 is 6.23. The zero-order chi connectivity index (χ0) is 21.3. The highest BCUT2D eigenvalue weighted by Gasteiger charge is 2.35. The van der Waals surface area contributed by atoms with Gasteiger partial charge in [-0.3, -0.25) is 9.59 Å². The molecule has 2 aliphatic rings. The number of hydrogen-bond acceptors (Lipinski definition) is 5. The van der Waals surface area contributed by atoms with Gasteiger partial charge in [-0.1, -0.05) is 23.7 Å². The Morgan fingerprint density at radius 3 is 2.80 bits per heavy atom. The third kappa shape index (κ3) is 4.12.